The molecule has 6 heteroatoms. The van der Waals surface area contributed by atoms with Gasteiger partial charge in [-0.25, -0.2) is 0 Å². The number of hydrogen-bond acceptors (Lipinski definition) is 3. The first kappa shape index (κ1) is 22.5. The molecule has 0 saturated carbocycles. The normalized spacial score (nSPS) is 15.8. The average Bonchev–Trinajstić information content (AvgIpc) is 3.15. The fraction of sp³-hybridized carbons (Fsp3) is 0.400. The van der Waals surface area contributed by atoms with Crippen LogP contribution in [-0.4, -0.2) is 42.3 Å². The van der Waals surface area contributed by atoms with E-state index in [0.717, 1.165) is 24.1 Å². The monoisotopic (exact) mass is 421 g/mol. The number of anilines is 2. The number of nitrogens with zero attached hydrogens (tertiary/aromatic N) is 2. The van der Waals surface area contributed by atoms with Crippen molar-refractivity contribution in [1.82, 2.24) is 4.90 Å². The van der Waals surface area contributed by atoms with Crippen molar-refractivity contribution in [3.8, 4) is 0 Å². The number of amides is 3. The Morgan fingerprint density at radius 1 is 1.10 bits per heavy atom. The van der Waals surface area contributed by atoms with Gasteiger partial charge in [0.25, 0.3) is 5.91 Å². The van der Waals surface area contributed by atoms with Gasteiger partial charge in [-0.1, -0.05) is 31.5 Å². The number of unbranched alkanes of at least 4 members (excludes halogenated alkanes) is 1. The number of aryl methyl sites for hydroxylation is 1. The Balaban J connectivity index is 1.63. The maximum absolute atomic E-state index is 13.0. The molecule has 0 bridgehead atoms. The summed E-state index contributed by atoms with van der Waals surface area (Å²) in [5.41, 5.74) is 3.12. The van der Waals surface area contributed by atoms with Crippen molar-refractivity contribution in [2.75, 3.05) is 29.9 Å². The number of hydrogen-bond donors (Lipinski definition) is 1. The SMILES string of the molecule is CCCCN1CC(C(=O)Nc2ccc(C(=O)N(CC)c3ccccc3C)cc2)CC1=O. The van der Waals surface area contributed by atoms with Crippen molar-refractivity contribution in [2.45, 2.75) is 40.0 Å². The highest BCUT2D eigenvalue weighted by atomic mass is 16.2. The summed E-state index contributed by atoms with van der Waals surface area (Å²) < 4.78 is 0. The first-order chi connectivity index (χ1) is 14.9. The van der Waals surface area contributed by atoms with E-state index in [1.165, 1.54) is 0 Å². The van der Waals surface area contributed by atoms with Crippen molar-refractivity contribution >= 4 is 29.1 Å². The van der Waals surface area contributed by atoms with Crippen LogP contribution in [0, 0.1) is 12.8 Å². The van der Waals surface area contributed by atoms with E-state index in [4.69, 9.17) is 0 Å². The van der Waals surface area contributed by atoms with Crippen LogP contribution in [0.15, 0.2) is 48.5 Å². The summed E-state index contributed by atoms with van der Waals surface area (Å²) in [5.74, 6) is -0.517. The highest BCUT2D eigenvalue weighted by molar-refractivity contribution is 6.07. The molecule has 1 aliphatic rings. The molecular formula is C25H31N3O3. The minimum absolute atomic E-state index is 0.0467. The minimum Gasteiger partial charge on any atom is -0.342 e. The molecule has 1 atom stereocenters. The summed E-state index contributed by atoms with van der Waals surface area (Å²) in [6, 6.07) is 14.7. The predicted molar refractivity (Wildman–Crippen MR) is 123 cm³/mol. The highest BCUT2D eigenvalue weighted by Crippen LogP contribution is 2.23. The second-order valence-corrected chi connectivity index (χ2v) is 8.00. The van der Waals surface area contributed by atoms with Gasteiger partial charge in [-0.15, -0.1) is 0 Å². The Bertz CT molecular complexity index is 939. The Morgan fingerprint density at radius 2 is 1.81 bits per heavy atom. The topological polar surface area (TPSA) is 69.7 Å². The molecule has 2 aromatic carbocycles. The van der Waals surface area contributed by atoms with Gasteiger partial charge in [-0.05, 0) is 56.2 Å². The average molecular weight is 422 g/mol. The smallest absolute Gasteiger partial charge is 0.258 e. The van der Waals surface area contributed by atoms with Gasteiger partial charge in [0.2, 0.25) is 11.8 Å². The van der Waals surface area contributed by atoms with Crippen molar-refractivity contribution in [2.24, 2.45) is 5.92 Å². The van der Waals surface area contributed by atoms with Gasteiger partial charge in [0.1, 0.15) is 0 Å². The number of para-hydroxylation sites is 1. The number of rotatable bonds is 8. The molecule has 1 heterocycles. The van der Waals surface area contributed by atoms with Gasteiger partial charge in [-0.2, -0.15) is 0 Å². The highest BCUT2D eigenvalue weighted by Gasteiger charge is 2.33. The van der Waals surface area contributed by atoms with E-state index >= 15 is 0 Å². The third-order valence-corrected chi connectivity index (χ3v) is 5.73. The molecule has 1 aliphatic heterocycles. The molecule has 1 fully saturated rings. The maximum Gasteiger partial charge on any atom is 0.258 e. The van der Waals surface area contributed by atoms with Gasteiger partial charge in [-0.3, -0.25) is 14.4 Å². The van der Waals surface area contributed by atoms with E-state index in [1.54, 1.807) is 34.1 Å². The fourth-order valence-corrected chi connectivity index (χ4v) is 3.90. The fourth-order valence-electron chi connectivity index (χ4n) is 3.90. The van der Waals surface area contributed by atoms with E-state index in [1.807, 2.05) is 38.1 Å². The van der Waals surface area contributed by atoms with Gasteiger partial charge in [0.15, 0.2) is 0 Å². The van der Waals surface area contributed by atoms with Crippen LogP contribution in [0.5, 0.6) is 0 Å². The Morgan fingerprint density at radius 3 is 2.45 bits per heavy atom. The first-order valence-corrected chi connectivity index (χ1v) is 11.0. The van der Waals surface area contributed by atoms with Gasteiger partial charge >= 0.3 is 0 Å². The molecule has 0 aromatic heterocycles. The lowest BCUT2D eigenvalue weighted by Gasteiger charge is -2.23. The molecule has 6 nitrogen and oxygen atoms in total. The largest absolute Gasteiger partial charge is 0.342 e. The van der Waals surface area contributed by atoms with Crippen molar-refractivity contribution < 1.29 is 14.4 Å². The van der Waals surface area contributed by atoms with Crippen LogP contribution in [0.4, 0.5) is 11.4 Å². The van der Waals surface area contributed by atoms with Crippen molar-refractivity contribution in [3.05, 3.63) is 59.7 Å². The molecule has 31 heavy (non-hydrogen) atoms. The Hall–Kier alpha value is -3.15. The molecule has 0 radical (unpaired) electrons. The molecular weight excluding hydrogens is 390 g/mol. The molecule has 3 rings (SSSR count). The molecule has 0 aliphatic carbocycles. The predicted octanol–water partition coefficient (Wildman–Crippen LogP) is 4.25. The molecule has 2 aromatic rings. The van der Waals surface area contributed by atoms with E-state index < -0.39 is 0 Å². The molecule has 1 saturated heterocycles. The van der Waals surface area contributed by atoms with E-state index in [0.29, 0.717) is 30.9 Å². The summed E-state index contributed by atoms with van der Waals surface area (Å²) >= 11 is 0. The van der Waals surface area contributed by atoms with Gasteiger partial charge in [0, 0.05) is 43.0 Å². The van der Waals surface area contributed by atoms with Crippen LogP contribution in [-0.2, 0) is 9.59 Å². The van der Waals surface area contributed by atoms with Gasteiger partial charge in [0.05, 0.1) is 5.92 Å². The first-order valence-electron chi connectivity index (χ1n) is 11.0. The third kappa shape index (κ3) is 5.32. The standard InChI is InChI=1S/C25H31N3O3/c1-4-6-15-27-17-20(16-23(27)29)24(30)26-21-13-11-19(12-14-21)25(31)28(5-2)22-10-8-7-9-18(22)3/h7-14,20H,4-6,15-17H2,1-3H3,(H,26,30). The van der Waals surface area contributed by atoms with E-state index in [2.05, 4.69) is 12.2 Å². The van der Waals surface area contributed by atoms with Crippen LogP contribution in [0.3, 0.4) is 0 Å². The summed E-state index contributed by atoms with van der Waals surface area (Å²) in [7, 11) is 0. The third-order valence-electron chi connectivity index (χ3n) is 5.73. The van der Waals surface area contributed by atoms with Crippen LogP contribution in [0.1, 0.15) is 49.0 Å². The number of likely N-dealkylation sites (tertiary alicyclic amines) is 1. The van der Waals surface area contributed by atoms with Crippen molar-refractivity contribution in [3.63, 3.8) is 0 Å². The number of nitrogens with one attached hydrogen (secondary N) is 1. The summed E-state index contributed by atoms with van der Waals surface area (Å²) in [6.07, 6.45) is 2.23. The number of carbonyl (C=O) groups is 3. The second-order valence-electron chi connectivity index (χ2n) is 8.00. The van der Waals surface area contributed by atoms with Crippen LogP contribution >= 0.6 is 0 Å². The molecule has 3 amide bonds. The van der Waals surface area contributed by atoms with E-state index in [9.17, 15) is 14.4 Å². The molecule has 0 spiro atoms. The van der Waals surface area contributed by atoms with Crippen LogP contribution in [0.2, 0.25) is 0 Å². The second kappa shape index (κ2) is 10.2. The maximum atomic E-state index is 13.0. The lowest BCUT2D eigenvalue weighted by Crippen LogP contribution is -2.31. The number of benzene rings is 2. The quantitative estimate of drug-likeness (QED) is 0.693. The van der Waals surface area contributed by atoms with Gasteiger partial charge < -0.3 is 15.1 Å². The lowest BCUT2D eigenvalue weighted by molar-refractivity contribution is -0.128. The summed E-state index contributed by atoms with van der Waals surface area (Å²) in [5, 5.41) is 2.89. The summed E-state index contributed by atoms with van der Waals surface area (Å²) in [4.78, 5) is 41.3. The Labute approximate surface area is 184 Å². The van der Waals surface area contributed by atoms with Crippen LogP contribution < -0.4 is 10.2 Å². The molecule has 1 unspecified atom stereocenters. The zero-order valence-electron chi connectivity index (χ0n) is 18.6. The Kier molecular flexibility index (Phi) is 7.45. The van der Waals surface area contributed by atoms with E-state index in [-0.39, 0.29) is 30.1 Å². The zero-order valence-corrected chi connectivity index (χ0v) is 18.6. The molecule has 1 N–H and O–H groups in total. The zero-order chi connectivity index (χ0) is 22.4. The molecule has 164 valence electrons. The minimum atomic E-state index is -0.331. The number of carbonyl (C=O) groups excluding carboxylic acids is 3. The lowest BCUT2D eigenvalue weighted by atomic mass is 10.1. The van der Waals surface area contributed by atoms with Crippen molar-refractivity contribution in [1.29, 1.82) is 0 Å². The van der Waals surface area contributed by atoms with Crippen LogP contribution in [0.25, 0.3) is 0 Å². The summed E-state index contributed by atoms with van der Waals surface area (Å²) in [6.45, 7) is 7.77.